The molecule has 0 radical (unpaired) electrons. The molecule has 0 aliphatic rings. The Morgan fingerprint density at radius 1 is 1.50 bits per heavy atom. The summed E-state index contributed by atoms with van der Waals surface area (Å²) in [5, 5.41) is 12.1. The fraction of sp³-hybridized carbons (Fsp3) is 0.167. The van der Waals surface area contributed by atoms with Gasteiger partial charge in [-0.3, -0.25) is 4.79 Å². The molecule has 0 bridgehead atoms. The van der Waals surface area contributed by atoms with Crippen LogP contribution in [-0.2, 0) is 4.79 Å². The van der Waals surface area contributed by atoms with Gasteiger partial charge in [0.2, 0.25) is 5.91 Å². The fourth-order valence-electron chi connectivity index (χ4n) is 1.63. The molecule has 0 saturated carbocycles. The molecule has 0 fully saturated rings. The predicted octanol–water partition coefficient (Wildman–Crippen LogP) is 2.33. The predicted molar refractivity (Wildman–Crippen MR) is 61.9 cm³/mol. The Morgan fingerprint density at radius 2 is 2.31 bits per heavy atom. The van der Waals surface area contributed by atoms with Gasteiger partial charge < -0.3 is 10.3 Å². The quantitative estimate of drug-likeness (QED) is 0.803. The number of carbonyl (C=O) groups is 1. The number of benzene rings is 1. The van der Waals surface area contributed by atoms with E-state index in [1.54, 1.807) is 0 Å². The summed E-state index contributed by atoms with van der Waals surface area (Å²) in [6.45, 7) is 1.98. The largest absolute Gasteiger partial charge is 0.359 e. The number of aromatic amines is 1. The molecule has 1 heterocycles. The average molecular weight is 213 g/mol. The van der Waals surface area contributed by atoms with Crippen molar-refractivity contribution in [3.8, 4) is 6.07 Å². The van der Waals surface area contributed by atoms with Gasteiger partial charge in [0.05, 0.1) is 6.07 Å². The van der Waals surface area contributed by atoms with Crippen molar-refractivity contribution in [3.05, 3.63) is 30.0 Å². The van der Waals surface area contributed by atoms with Crippen LogP contribution in [0.25, 0.3) is 10.9 Å². The SMILES string of the molecule is Cc1cc2cc(NC(=O)CC#N)ccc2[nH]1. The van der Waals surface area contributed by atoms with Gasteiger partial charge >= 0.3 is 0 Å². The number of aromatic nitrogens is 1. The van der Waals surface area contributed by atoms with Crippen molar-refractivity contribution in [3.63, 3.8) is 0 Å². The lowest BCUT2D eigenvalue weighted by Crippen LogP contribution is -2.09. The van der Waals surface area contributed by atoms with E-state index in [0.29, 0.717) is 5.69 Å². The number of amides is 1. The number of hydrogen-bond acceptors (Lipinski definition) is 2. The number of fused-ring (bicyclic) bond motifs is 1. The highest BCUT2D eigenvalue weighted by Crippen LogP contribution is 2.19. The fourth-order valence-corrected chi connectivity index (χ4v) is 1.63. The van der Waals surface area contributed by atoms with Crippen molar-refractivity contribution in [1.29, 1.82) is 5.26 Å². The Morgan fingerprint density at radius 3 is 3.06 bits per heavy atom. The second kappa shape index (κ2) is 4.07. The maximum absolute atomic E-state index is 11.2. The van der Waals surface area contributed by atoms with Crippen LogP contribution in [0.5, 0.6) is 0 Å². The third-order valence-corrected chi connectivity index (χ3v) is 2.28. The van der Waals surface area contributed by atoms with E-state index < -0.39 is 0 Å². The number of nitrogens with zero attached hydrogens (tertiary/aromatic N) is 1. The first-order valence-electron chi connectivity index (χ1n) is 4.95. The maximum atomic E-state index is 11.2. The van der Waals surface area contributed by atoms with Gasteiger partial charge in [-0.2, -0.15) is 5.26 Å². The van der Waals surface area contributed by atoms with Crippen molar-refractivity contribution in [2.45, 2.75) is 13.3 Å². The Balaban J connectivity index is 2.26. The number of nitrogens with one attached hydrogen (secondary N) is 2. The van der Waals surface area contributed by atoms with E-state index in [-0.39, 0.29) is 12.3 Å². The topological polar surface area (TPSA) is 68.7 Å². The van der Waals surface area contributed by atoms with E-state index in [2.05, 4.69) is 10.3 Å². The van der Waals surface area contributed by atoms with Crippen molar-refractivity contribution in [2.24, 2.45) is 0 Å². The minimum Gasteiger partial charge on any atom is -0.359 e. The van der Waals surface area contributed by atoms with Gasteiger partial charge in [-0.25, -0.2) is 0 Å². The molecule has 0 spiro atoms. The van der Waals surface area contributed by atoms with Gasteiger partial charge in [-0.15, -0.1) is 0 Å². The van der Waals surface area contributed by atoms with E-state index in [0.717, 1.165) is 16.6 Å². The summed E-state index contributed by atoms with van der Waals surface area (Å²) in [5.74, 6) is -0.283. The standard InChI is InChI=1S/C12H11N3O/c1-8-6-9-7-10(2-3-11(9)14-8)15-12(16)4-5-13/h2-3,6-7,14H,4H2,1H3,(H,15,16). The van der Waals surface area contributed by atoms with Crippen LogP contribution in [0.3, 0.4) is 0 Å². The number of H-pyrrole nitrogens is 1. The third kappa shape index (κ3) is 2.04. The second-order valence-electron chi connectivity index (χ2n) is 3.64. The lowest BCUT2D eigenvalue weighted by atomic mass is 10.2. The number of anilines is 1. The first-order chi connectivity index (χ1) is 7.69. The summed E-state index contributed by atoms with van der Waals surface area (Å²) < 4.78 is 0. The molecule has 0 saturated heterocycles. The maximum Gasteiger partial charge on any atom is 0.238 e. The summed E-state index contributed by atoms with van der Waals surface area (Å²) in [6.07, 6.45) is -0.121. The number of aryl methyl sites for hydroxylation is 1. The van der Waals surface area contributed by atoms with E-state index in [9.17, 15) is 4.79 Å². The molecule has 1 aromatic carbocycles. The number of carbonyl (C=O) groups excluding carboxylic acids is 1. The summed E-state index contributed by atoms with van der Waals surface area (Å²) in [4.78, 5) is 14.4. The first kappa shape index (κ1) is 10.2. The summed E-state index contributed by atoms with van der Waals surface area (Å²) in [7, 11) is 0. The lowest BCUT2D eigenvalue weighted by molar-refractivity contribution is -0.115. The molecule has 1 aromatic heterocycles. The van der Waals surface area contributed by atoms with Crippen LogP contribution >= 0.6 is 0 Å². The highest BCUT2D eigenvalue weighted by atomic mass is 16.1. The molecule has 0 unspecified atom stereocenters. The molecular weight excluding hydrogens is 202 g/mol. The minimum absolute atomic E-state index is 0.121. The molecule has 0 atom stereocenters. The third-order valence-electron chi connectivity index (χ3n) is 2.28. The molecule has 2 N–H and O–H groups in total. The Hall–Kier alpha value is -2.28. The Kier molecular flexibility index (Phi) is 2.61. The summed E-state index contributed by atoms with van der Waals surface area (Å²) in [6, 6.07) is 9.42. The van der Waals surface area contributed by atoms with Gasteiger partial charge in [-0.1, -0.05) is 0 Å². The molecule has 80 valence electrons. The molecule has 4 heteroatoms. The molecular formula is C12H11N3O. The van der Waals surface area contributed by atoms with E-state index in [1.807, 2.05) is 37.3 Å². The molecule has 1 amide bonds. The number of nitriles is 1. The molecule has 0 aliphatic heterocycles. The summed E-state index contributed by atoms with van der Waals surface area (Å²) >= 11 is 0. The molecule has 16 heavy (non-hydrogen) atoms. The van der Waals surface area contributed by atoms with Crippen LogP contribution < -0.4 is 5.32 Å². The normalized spacial score (nSPS) is 10.0. The monoisotopic (exact) mass is 213 g/mol. The van der Waals surface area contributed by atoms with Crippen molar-refractivity contribution < 1.29 is 4.79 Å². The highest BCUT2D eigenvalue weighted by Gasteiger charge is 2.03. The minimum atomic E-state index is -0.283. The van der Waals surface area contributed by atoms with Crippen molar-refractivity contribution in [2.75, 3.05) is 5.32 Å². The van der Waals surface area contributed by atoms with Gasteiger partial charge in [-0.05, 0) is 31.2 Å². The average Bonchev–Trinajstić information content (AvgIpc) is 2.57. The molecule has 2 aromatic rings. The van der Waals surface area contributed by atoms with Gasteiger partial charge in [0, 0.05) is 22.3 Å². The van der Waals surface area contributed by atoms with E-state index in [1.165, 1.54) is 0 Å². The van der Waals surface area contributed by atoms with E-state index in [4.69, 9.17) is 5.26 Å². The number of rotatable bonds is 2. The van der Waals surface area contributed by atoms with Gasteiger partial charge in [0.25, 0.3) is 0 Å². The smallest absolute Gasteiger partial charge is 0.238 e. The van der Waals surface area contributed by atoms with Crippen LogP contribution in [-0.4, -0.2) is 10.9 Å². The van der Waals surface area contributed by atoms with Crippen molar-refractivity contribution in [1.82, 2.24) is 4.98 Å². The summed E-state index contributed by atoms with van der Waals surface area (Å²) in [5.41, 5.74) is 2.83. The van der Waals surface area contributed by atoms with Gasteiger partial charge in [0.15, 0.2) is 0 Å². The first-order valence-corrected chi connectivity index (χ1v) is 4.95. The van der Waals surface area contributed by atoms with Crippen LogP contribution in [0.15, 0.2) is 24.3 Å². The van der Waals surface area contributed by atoms with Crippen LogP contribution in [0, 0.1) is 18.3 Å². The Bertz CT molecular complexity index is 577. The zero-order valence-corrected chi connectivity index (χ0v) is 8.87. The molecule has 0 aliphatic carbocycles. The van der Waals surface area contributed by atoms with Crippen LogP contribution in [0.2, 0.25) is 0 Å². The number of hydrogen-bond donors (Lipinski definition) is 2. The second-order valence-corrected chi connectivity index (χ2v) is 3.64. The zero-order chi connectivity index (χ0) is 11.5. The van der Waals surface area contributed by atoms with E-state index >= 15 is 0 Å². The van der Waals surface area contributed by atoms with Gasteiger partial charge in [0.1, 0.15) is 6.42 Å². The van der Waals surface area contributed by atoms with Crippen molar-refractivity contribution >= 4 is 22.5 Å². The van der Waals surface area contributed by atoms with Crippen LogP contribution in [0.1, 0.15) is 12.1 Å². The molecule has 4 nitrogen and oxygen atoms in total. The highest BCUT2D eigenvalue weighted by molar-refractivity contribution is 5.94. The van der Waals surface area contributed by atoms with Crippen LogP contribution in [0.4, 0.5) is 5.69 Å². The lowest BCUT2D eigenvalue weighted by Gasteiger charge is -2.02. The zero-order valence-electron chi connectivity index (χ0n) is 8.87. The Labute approximate surface area is 92.9 Å². The molecule has 2 rings (SSSR count).